The summed E-state index contributed by atoms with van der Waals surface area (Å²) in [5.74, 6) is -1.88. The number of rotatable bonds is 3. The Labute approximate surface area is 202 Å². The van der Waals surface area contributed by atoms with Crippen molar-refractivity contribution in [3.05, 3.63) is 59.2 Å². The van der Waals surface area contributed by atoms with Crippen molar-refractivity contribution in [2.24, 2.45) is 23.7 Å². The molecule has 186 valence electrons. The van der Waals surface area contributed by atoms with Crippen LogP contribution in [0.3, 0.4) is 0 Å². The lowest BCUT2D eigenvalue weighted by Crippen LogP contribution is -2.57. The van der Waals surface area contributed by atoms with Crippen molar-refractivity contribution in [1.82, 2.24) is 9.80 Å². The quantitative estimate of drug-likeness (QED) is 0.657. The summed E-state index contributed by atoms with van der Waals surface area (Å²) in [6, 6.07) is 9.69. The number of likely N-dealkylation sites (tertiary alicyclic amines) is 2. The maximum Gasteiger partial charge on any atom is 0.227 e. The van der Waals surface area contributed by atoms with E-state index in [0.717, 1.165) is 11.6 Å². The molecule has 1 aromatic rings. The van der Waals surface area contributed by atoms with E-state index < -0.39 is 17.3 Å². The highest BCUT2D eigenvalue weighted by Crippen LogP contribution is 2.44. The van der Waals surface area contributed by atoms with Crippen LogP contribution in [0.4, 0.5) is 8.78 Å². The second-order valence-electron chi connectivity index (χ2n) is 11.5. The van der Waals surface area contributed by atoms with E-state index >= 15 is 0 Å². The molecule has 0 spiro atoms. The number of aliphatic hydroxyl groups is 1. The molecule has 1 aliphatic carbocycles. The Morgan fingerprint density at radius 1 is 1.00 bits per heavy atom. The van der Waals surface area contributed by atoms with Gasteiger partial charge in [-0.15, -0.1) is 0 Å². The lowest BCUT2D eigenvalue weighted by Gasteiger charge is -2.48. The van der Waals surface area contributed by atoms with Gasteiger partial charge in [0.05, 0.1) is 11.5 Å². The zero-order valence-electron chi connectivity index (χ0n) is 21.0. The summed E-state index contributed by atoms with van der Waals surface area (Å²) in [4.78, 5) is 18.0. The van der Waals surface area contributed by atoms with Crippen molar-refractivity contribution in [3.8, 4) is 0 Å². The number of benzene rings is 1. The Kier molecular flexibility index (Phi) is 6.78. The van der Waals surface area contributed by atoms with E-state index in [4.69, 9.17) is 0 Å². The van der Waals surface area contributed by atoms with Gasteiger partial charge >= 0.3 is 0 Å². The van der Waals surface area contributed by atoms with Crippen LogP contribution in [0.25, 0.3) is 0 Å². The summed E-state index contributed by atoms with van der Waals surface area (Å²) < 4.78 is 28.5. The van der Waals surface area contributed by atoms with Crippen molar-refractivity contribution in [1.29, 1.82) is 0 Å². The van der Waals surface area contributed by atoms with E-state index in [1.54, 1.807) is 0 Å². The summed E-state index contributed by atoms with van der Waals surface area (Å²) in [6.07, 6.45) is 1.50. The summed E-state index contributed by atoms with van der Waals surface area (Å²) >= 11 is 0. The van der Waals surface area contributed by atoms with Gasteiger partial charge in [0.2, 0.25) is 5.91 Å². The number of hydrogen-bond donors (Lipinski definition) is 1. The molecule has 1 aromatic carbocycles. The van der Waals surface area contributed by atoms with Gasteiger partial charge in [0.15, 0.2) is 0 Å². The highest BCUT2D eigenvalue weighted by Gasteiger charge is 2.50. The molecule has 0 radical (unpaired) electrons. The van der Waals surface area contributed by atoms with Crippen LogP contribution in [0.15, 0.2) is 53.6 Å². The Balaban J connectivity index is 1.60. The first kappa shape index (κ1) is 25.1. The minimum atomic E-state index is -1.01. The predicted octanol–water partition coefficient (Wildman–Crippen LogP) is 5.21. The van der Waals surface area contributed by atoms with E-state index in [-0.39, 0.29) is 41.5 Å². The normalized spacial score (nSPS) is 33.3. The molecule has 4 nitrogen and oxygen atoms in total. The van der Waals surface area contributed by atoms with Crippen LogP contribution in [0.2, 0.25) is 0 Å². The van der Waals surface area contributed by atoms with Gasteiger partial charge in [0.25, 0.3) is 0 Å². The first-order valence-electron chi connectivity index (χ1n) is 12.5. The molecule has 2 fully saturated rings. The van der Waals surface area contributed by atoms with Crippen LogP contribution in [-0.4, -0.2) is 52.5 Å². The van der Waals surface area contributed by atoms with Gasteiger partial charge in [-0.05, 0) is 38.3 Å². The number of piperidine rings is 1. The molecule has 1 unspecified atom stereocenters. The standard InChI is InChI=1S/C28H38F2N2O2/c1-18-14-31(15-19(2)28(18,34)20-9-7-6-8-10-20)26(33)24-17-32(27(3,4)5)16-23(24)22-12-11-21(29)13-25(22)30/h6-10,13,18-19,23-24,34H,11-12,14-17H2,1-5H3/t18-,19+,23-,24+,28?/m0/s1. The number of carbonyl (C=O) groups excluding carboxylic acids is 1. The molecule has 4 rings (SSSR count). The first-order valence-corrected chi connectivity index (χ1v) is 12.5. The smallest absolute Gasteiger partial charge is 0.227 e. The van der Waals surface area contributed by atoms with Gasteiger partial charge in [-0.2, -0.15) is 0 Å². The summed E-state index contributed by atoms with van der Waals surface area (Å²) in [6.45, 7) is 12.3. The van der Waals surface area contributed by atoms with E-state index in [1.807, 2.05) is 49.1 Å². The van der Waals surface area contributed by atoms with Gasteiger partial charge < -0.3 is 10.0 Å². The third-order valence-corrected chi connectivity index (χ3v) is 8.30. The molecule has 34 heavy (non-hydrogen) atoms. The van der Waals surface area contributed by atoms with Crippen molar-refractivity contribution in [2.75, 3.05) is 26.2 Å². The Bertz CT molecular complexity index is 970. The van der Waals surface area contributed by atoms with E-state index in [2.05, 4.69) is 25.7 Å². The Morgan fingerprint density at radius 2 is 1.62 bits per heavy atom. The molecule has 1 amide bonds. The maximum absolute atomic E-state index is 14.9. The average Bonchev–Trinajstić information content (AvgIpc) is 3.23. The second kappa shape index (κ2) is 9.19. The number of hydrogen-bond acceptors (Lipinski definition) is 3. The van der Waals surface area contributed by atoms with E-state index in [9.17, 15) is 18.7 Å². The summed E-state index contributed by atoms with van der Waals surface area (Å²) in [7, 11) is 0. The average molecular weight is 473 g/mol. The maximum atomic E-state index is 14.9. The third-order valence-electron chi connectivity index (χ3n) is 8.30. The van der Waals surface area contributed by atoms with E-state index in [1.165, 1.54) is 0 Å². The van der Waals surface area contributed by atoms with Crippen LogP contribution < -0.4 is 0 Å². The molecule has 5 atom stereocenters. The largest absolute Gasteiger partial charge is 0.384 e. The second-order valence-corrected chi connectivity index (χ2v) is 11.5. The van der Waals surface area contributed by atoms with Crippen molar-refractivity contribution in [3.63, 3.8) is 0 Å². The van der Waals surface area contributed by atoms with Gasteiger partial charge in [0, 0.05) is 62.0 Å². The number of halogens is 2. The molecular formula is C28H38F2N2O2. The summed E-state index contributed by atoms with van der Waals surface area (Å²) in [5, 5.41) is 11.7. The fourth-order valence-corrected chi connectivity index (χ4v) is 6.18. The molecule has 2 heterocycles. The van der Waals surface area contributed by atoms with Crippen molar-refractivity contribution in [2.45, 2.75) is 58.6 Å². The molecular weight excluding hydrogens is 434 g/mol. The first-order chi connectivity index (χ1) is 15.9. The Hall–Kier alpha value is -2.05. The zero-order chi connectivity index (χ0) is 24.8. The number of amides is 1. The number of carbonyl (C=O) groups is 1. The number of allylic oxidation sites excluding steroid dienone is 3. The highest BCUT2D eigenvalue weighted by molar-refractivity contribution is 5.80. The van der Waals surface area contributed by atoms with Crippen LogP contribution >= 0.6 is 0 Å². The minimum absolute atomic E-state index is 0.0147. The van der Waals surface area contributed by atoms with Crippen LogP contribution in [0, 0.1) is 23.7 Å². The molecule has 0 bridgehead atoms. The Morgan fingerprint density at radius 3 is 2.18 bits per heavy atom. The topological polar surface area (TPSA) is 43.8 Å². The molecule has 0 saturated carbocycles. The number of nitrogens with zero attached hydrogens (tertiary/aromatic N) is 2. The lowest BCUT2D eigenvalue weighted by atomic mass is 9.70. The van der Waals surface area contributed by atoms with Gasteiger partial charge in [-0.3, -0.25) is 9.69 Å². The van der Waals surface area contributed by atoms with E-state index in [0.29, 0.717) is 38.2 Å². The molecule has 3 aliphatic rings. The molecule has 0 aromatic heterocycles. The van der Waals surface area contributed by atoms with Gasteiger partial charge in [-0.1, -0.05) is 44.2 Å². The third kappa shape index (κ3) is 4.47. The molecule has 2 aliphatic heterocycles. The van der Waals surface area contributed by atoms with Crippen molar-refractivity contribution >= 4 is 5.91 Å². The van der Waals surface area contributed by atoms with Crippen molar-refractivity contribution < 1.29 is 18.7 Å². The fraction of sp³-hybridized carbons (Fsp3) is 0.607. The summed E-state index contributed by atoms with van der Waals surface area (Å²) in [5.41, 5.74) is 0.287. The fourth-order valence-electron chi connectivity index (χ4n) is 6.18. The highest BCUT2D eigenvalue weighted by atomic mass is 19.1. The van der Waals surface area contributed by atoms with Crippen LogP contribution in [-0.2, 0) is 10.4 Å². The molecule has 1 N–H and O–H groups in total. The monoisotopic (exact) mass is 472 g/mol. The predicted molar refractivity (Wildman–Crippen MR) is 130 cm³/mol. The van der Waals surface area contributed by atoms with Crippen LogP contribution in [0.1, 0.15) is 53.0 Å². The SMILES string of the molecule is C[C@@H]1CN(C(=O)[C@@H]2CN(C(C)(C)C)C[C@H]2C2=C(F)C=C(F)CC2)C[C@H](C)C1(O)c1ccccc1. The lowest BCUT2D eigenvalue weighted by molar-refractivity contribution is -0.153. The molecule has 6 heteroatoms. The van der Waals surface area contributed by atoms with Crippen LogP contribution in [0.5, 0.6) is 0 Å². The van der Waals surface area contributed by atoms with Gasteiger partial charge in [0.1, 0.15) is 11.7 Å². The minimum Gasteiger partial charge on any atom is -0.384 e. The molecule has 2 saturated heterocycles. The van der Waals surface area contributed by atoms with Gasteiger partial charge in [-0.25, -0.2) is 8.78 Å². The zero-order valence-corrected chi connectivity index (χ0v) is 21.0.